The summed E-state index contributed by atoms with van der Waals surface area (Å²) in [6, 6.07) is 2.54. The normalized spacial score (nSPS) is 28.5. The fourth-order valence-corrected chi connectivity index (χ4v) is 2.96. The number of hydrogen-bond donors (Lipinski definition) is 2. The van der Waals surface area contributed by atoms with Gasteiger partial charge in [-0.05, 0) is 44.7 Å². The van der Waals surface area contributed by atoms with Crippen molar-refractivity contribution in [1.82, 2.24) is 15.1 Å². The molecule has 0 saturated heterocycles. The molecular weight excluding hydrogens is 226 g/mol. The van der Waals surface area contributed by atoms with Crippen LogP contribution in [0.3, 0.4) is 0 Å². The van der Waals surface area contributed by atoms with Crippen molar-refractivity contribution >= 4 is 0 Å². The molecule has 1 saturated carbocycles. The van der Waals surface area contributed by atoms with Crippen molar-refractivity contribution in [3.05, 3.63) is 18.0 Å². The second-order valence-electron chi connectivity index (χ2n) is 5.30. The lowest BCUT2D eigenvalue weighted by atomic mass is 9.80. The summed E-state index contributed by atoms with van der Waals surface area (Å²) in [6.45, 7) is 6.17. The van der Waals surface area contributed by atoms with Crippen molar-refractivity contribution in [2.24, 2.45) is 0 Å². The molecule has 2 rings (SSSR count). The maximum atomic E-state index is 10.8. The van der Waals surface area contributed by atoms with Crippen LogP contribution in [-0.4, -0.2) is 27.5 Å². The topological polar surface area (TPSA) is 50.1 Å². The summed E-state index contributed by atoms with van der Waals surface area (Å²) < 4.78 is 1.97. The SMILES string of the molecule is CCCn1nccc1C1(O)CCC(NCC)CC1. The molecule has 2 N–H and O–H groups in total. The van der Waals surface area contributed by atoms with Gasteiger partial charge in [-0.2, -0.15) is 5.10 Å². The second-order valence-corrected chi connectivity index (χ2v) is 5.30. The maximum Gasteiger partial charge on any atom is 0.106 e. The molecule has 0 spiro atoms. The van der Waals surface area contributed by atoms with Crippen molar-refractivity contribution in [3.63, 3.8) is 0 Å². The summed E-state index contributed by atoms with van der Waals surface area (Å²) in [5, 5.41) is 18.6. The summed E-state index contributed by atoms with van der Waals surface area (Å²) in [6.07, 6.45) is 6.60. The monoisotopic (exact) mass is 251 g/mol. The van der Waals surface area contributed by atoms with E-state index in [1.54, 1.807) is 6.20 Å². The van der Waals surface area contributed by atoms with Gasteiger partial charge in [0.25, 0.3) is 0 Å². The largest absolute Gasteiger partial charge is 0.384 e. The molecule has 1 aromatic rings. The van der Waals surface area contributed by atoms with Crippen LogP contribution >= 0.6 is 0 Å². The van der Waals surface area contributed by atoms with Crippen molar-refractivity contribution in [2.45, 2.75) is 64.1 Å². The summed E-state index contributed by atoms with van der Waals surface area (Å²) in [4.78, 5) is 0. The molecule has 0 aliphatic heterocycles. The zero-order valence-corrected chi connectivity index (χ0v) is 11.5. The first-order valence-electron chi connectivity index (χ1n) is 7.17. The van der Waals surface area contributed by atoms with Crippen molar-refractivity contribution < 1.29 is 5.11 Å². The molecule has 1 aliphatic carbocycles. The van der Waals surface area contributed by atoms with Gasteiger partial charge >= 0.3 is 0 Å². The first kappa shape index (κ1) is 13.6. The number of aliphatic hydroxyl groups is 1. The molecule has 0 bridgehead atoms. The van der Waals surface area contributed by atoms with E-state index < -0.39 is 5.60 Å². The van der Waals surface area contributed by atoms with Gasteiger partial charge in [0.1, 0.15) is 5.60 Å². The van der Waals surface area contributed by atoms with Gasteiger partial charge in [-0.3, -0.25) is 4.68 Å². The minimum absolute atomic E-state index is 0.567. The van der Waals surface area contributed by atoms with Crippen LogP contribution in [0.25, 0.3) is 0 Å². The highest BCUT2D eigenvalue weighted by Crippen LogP contribution is 2.36. The zero-order chi connectivity index (χ0) is 13.0. The van der Waals surface area contributed by atoms with Crippen LogP contribution in [0.15, 0.2) is 12.3 Å². The Balaban J connectivity index is 2.06. The smallest absolute Gasteiger partial charge is 0.106 e. The number of hydrogen-bond acceptors (Lipinski definition) is 3. The second kappa shape index (κ2) is 5.85. The third-order valence-corrected chi connectivity index (χ3v) is 3.93. The molecule has 1 aromatic heterocycles. The van der Waals surface area contributed by atoms with E-state index in [9.17, 15) is 5.11 Å². The molecular formula is C14H25N3O. The van der Waals surface area contributed by atoms with Gasteiger partial charge in [-0.25, -0.2) is 0 Å². The first-order valence-corrected chi connectivity index (χ1v) is 7.17. The average Bonchev–Trinajstić information content (AvgIpc) is 2.82. The van der Waals surface area contributed by atoms with Gasteiger partial charge in [0, 0.05) is 18.8 Å². The summed E-state index contributed by atoms with van der Waals surface area (Å²) in [5.41, 5.74) is 0.330. The van der Waals surface area contributed by atoms with Crippen LogP contribution in [0.5, 0.6) is 0 Å². The number of rotatable bonds is 5. The van der Waals surface area contributed by atoms with Crippen LogP contribution < -0.4 is 5.32 Å². The fourth-order valence-electron chi connectivity index (χ4n) is 2.96. The highest BCUT2D eigenvalue weighted by molar-refractivity contribution is 5.13. The Hall–Kier alpha value is -0.870. The average molecular weight is 251 g/mol. The fraction of sp³-hybridized carbons (Fsp3) is 0.786. The van der Waals surface area contributed by atoms with Crippen LogP contribution in [0.4, 0.5) is 0 Å². The van der Waals surface area contributed by atoms with Crippen LogP contribution in [0.2, 0.25) is 0 Å². The Morgan fingerprint density at radius 2 is 2.17 bits per heavy atom. The standard InChI is InChI=1S/C14H25N3O/c1-3-11-17-13(7-10-16-17)14(18)8-5-12(6-9-14)15-4-2/h7,10,12,15,18H,3-6,8-9,11H2,1-2H3. The Morgan fingerprint density at radius 3 is 2.78 bits per heavy atom. The molecule has 0 atom stereocenters. The molecule has 18 heavy (non-hydrogen) atoms. The van der Waals surface area contributed by atoms with Gasteiger partial charge in [0.2, 0.25) is 0 Å². The molecule has 4 heteroatoms. The number of nitrogens with one attached hydrogen (secondary N) is 1. The highest BCUT2D eigenvalue weighted by atomic mass is 16.3. The van der Waals surface area contributed by atoms with Gasteiger partial charge in [0.05, 0.1) is 5.69 Å². The summed E-state index contributed by atoms with van der Waals surface area (Å²) >= 11 is 0. The van der Waals surface area contributed by atoms with E-state index in [-0.39, 0.29) is 0 Å². The maximum absolute atomic E-state index is 10.8. The van der Waals surface area contributed by atoms with Crippen molar-refractivity contribution in [1.29, 1.82) is 0 Å². The van der Waals surface area contributed by atoms with E-state index >= 15 is 0 Å². The molecule has 1 fully saturated rings. The van der Waals surface area contributed by atoms with Crippen molar-refractivity contribution in [3.8, 4) is 0 Å². The molecule has 102 valence electrons. The number of aryl methyl sites for hydroxylation is 1. The highest BCUT2D eigenvalue weighted by Gasteiger charge is 2.36. The third-order valence-electron chi connectivity index (χ3n) is 3.93. The van der Waals surface area contributed by atoms with E-state index in [0.29, 0.717) is 6.04 Å². The van der Waals surface area contributed by atoms with Gasteiger partial charge < -0.3 is 10.4 Å². The third kappa shape index (κ3) is 2.75. The lowest BCUT2D eigenvalue weighted by Gasteiger charge is -2.36. The number of aromatic nitrogens is 2. The molecule has 0 aromatic carbocycles. The van der Waals surface area contributed by atoms with Gasteiger partial charge in [-0.15, -0.1) is 0 Å². The number of nitrogens with zero attached hydrogens (tertiary/aromatic N) is 2. The zero-order valence-electron chi connectivity index (χ0n) is 11.5. The Labute approximate surface area is 109 Å². The van der Waals surface area contributed by atoms with E-state index in [1.165, 1.54) is 0 Å². The lowest BCUT2D eigenvalue weighted by Crippen LogP contribution is -2.40. The first-order chi connectivity index (χ1) is 8.69. The summed E-state index contributed by atoms with van der Waals surface area (Å²) in [5.74, 6) is 0. The Bertz CT molecular complexity index is 367. The van der Waals surface area contributed by atoms with Crippen LogP contribution in [0.1, 0.15) is 51.6 Å². The van der Waals surface area contributed by atoms with E-state index in [2.05, 4.69) is 24.3 Å². The lowest BCUT2D eigenvalue weighted by molar-refractivity contribution is -0.0160. The predicted molar refractivity (Wildman–Crippen MR) is 72.3 cm³/mol. The van der Waals surface area contributed by atoms with E-state index in [1.807, 2.05) is 10.7 Å². The molecule has 1 aliphatic rings. The molecule has 4 nitrogen and oxygen atoms in total. The minimum Gasteiger partial charge on any atom is -0.384 e. The molecule has 0 amide bonds. The molecule has 0 radical (unpaired) electrons. The van der Waals surface area contributed by atoms with E-state index in [4.69, 9.17) is 0 Å². The minimum atomic E-state index is -0.669. The van der Waals surface area contributed by atoms with Gasteiger partial charge in [0.15, 0.2) is 0 Å². The molecule has 1 heterocycles. The van der Waals surface area contributed by atoms with Crippen LogP contribution in [-0.2, 0) is 12.1 Å². The molecule has 0 unspecified atom stereocenters. The van der Waals surface area contributed by atoms with Crippen LogP contribution in [0, 0.1) is 0 Å². The quantitative estimate of drug-likeness (QED) is 0.842. The Kier molecular flexibility index (Phi) is 4.40. The van der Waals surface area contributed by atoms with E-state index in [0.717, 1.165) is 50.9 Å². The van der Waals surface area contributed by atoms with Gasteiger partial charge in [-0.1, -0.05) is 13.8 Å². The Morgan fingerprint density at radius 1 is 1.44 bits per heavy atom. The van der Waals surface area contributed by atoms with Crippen molar-refractivity contribution in [2.75, 3.05) is 6.54 Å². The summed E-state index contributed by atoms with van der Waals surface area (Å²) in [7, 11) is 0. The predicted octanol–water partition coefficient (Wildman–Crippen LogP) is 2.03.